The summed E-state index contributed by atoms with van der Waals surface area (Å²) in [5.74, 6) is -3.89. The Hall–Kier alpha value is -5.64. The number of rotatable bonds is 7. The van der Waals surface area contributed by atoms with Gasteiger partial charge in [-0.25, -0.2) is 14.6 Å². The van der Waals surface area contributed by atoms with Crippen LogP contribution >= 0.6 is 0 Å². The molecule has 0 aliphatic rings. The Balaban J connectivity index is 1.31. The highest BCUT2D eigenvalue weighted by molar-refractivity contribution is 6.40. The zero-order valence-electron chi connectivity index (χ0n) is 21.2. The third-order valence-electron chi connectivity index (χ3n) is 5.47. The molecule has 0 heterocycles. The Bertz CT molecular complexity index is 1600. The monoisotopic (exact) mass is 538 g/mol. The van der Waals surface area contributed by atoms with Crippen LogP contribution in [0.15, 0.2) is 102 Å². The van der Waals surface area contributed by atoms with Crippen LogP contribution in [0.1, 0.15) is 31.8 Å². The number of hydrazone groups is 1. The van der Waals surface area contributed by atoms with E-state index in [1.807, 2.05) is 13.0 Å². The van der Waals surface area contributed by atoms with Gasteiger partial charge in [0.15, 0.2) is 0 Å². The summed E-state index contributed by atoms with van der Waals surface area (Å²) in [5.41, 5.74) is 4.32. The summed E-state index contributed by atoms with van der Waals surface area (Å²) in [6.45, 7) is 1.90. The molecule has 0 saturated carbocycles. The molecule has 4 rings (SSSR count). The molecule has 3 amide bonds. The lowest BCUT2D eigenvalue weighted by molar-refractivity contribution is -0.136. The zero-order valence-corrected chi connectivity index (χ0v) is 21.2. The summed E-state index contributed by atoms with van der Waals surface area (Å²) >= 11 is 0. The van der Waals surface area contributed by atoms with E-state index in [0.29, 0.717) is 11.3 Å². The largest absolute Gasteiger partial charge is 0.423 e. The fourth-order valence-electron chi connectivity index (χ4n) is 3.52. The molecule has 0 saturated heterocycles. The van der Waals surface area contributed by atoms with Gasteiger partial charge in [0.2, 0.25) is 0 Å². The van der Waals surface area contributed by atoms with Gasteiger partial charge in [0.1, 0.15) is 11.6 Å². The van der Waals surface area contributed by atoms with Gasteiger partial charge < -0.3 is 15.4 Å². The van der Waals surface area contributed by atoms with Crippen molar-refractivity contribution in [2.24, 2.45) is 5.10 Å². The minimum absolute atomic E-state index is 0.150. The van der Waals surface area contributed by atoms with Gasteiger partial charge in [0.25, 0.3) is 5.91 Å². The smallest absolute Gasteiger partial charge is 0.346 e. The lowest BCUT2D eigenvalue weighted by atomic mass is 10.1. The minimum Gasteiger partial charge on any atom is -0.423 e. The summed E-state index contributed by atoms with van der Waals surface area (Å²) in [7, 11) is 0. The molecule has 0 spiro atoms. The van der Waals surface area contributed by atoms with E-state index in [0.717, 1.165) is 11.6 Å². The molecule has 0 atom stereocenters. The number of hydrogen-bond donors (Lipinski definition) is 3. The van der Waals surface area contributed by atoms with Gasteiger partial charge in [-0.3, -0.25) is 14.4 Å². The van der Waals surface area contributed by atoms with Gasteiger partial charge in [-0.2, -0.15) is 5.10 Å². The lowest BCUT2D eigenvalue weighted by Crippen LogP contribution is -2.33. The standard InChI is InChI=1S/C30H23FN4O5/c1-19-7-6-8-21(17-19)33-27(36)24-10-3-5-12-26(24)34-28(37)29(38)35-32-18-20-13-15-22(16-14-20)40-30(39)23-9-2-4-11-25(23)31/h2-18H,1H3,(H,33,36)(H,34,37)(H,35,38). The molecule has 0 aliphatic heterocycles. The van der Waals surface area contributed by atoms with Crippen LogP contribution in [0.3, 0.4) is 0 Å². The number of carbonyl (C=O) groups excluding carboxylic acids is 4. The van der Waals surface area contributed by atoms with E-state index < -0.39 is 29.5 Å². The van der Waals surface area contributed by atoms with Crippen LogP contribution in [0.2, 0.25) is 0 Å². The number of anilines is 2. The van der Waals surface area contributed by atoms with E-state index in [2.05, 4.69) is 21.2 Å². The molecule has 0 fully saturated rings. The fourth-order valence-corrected chi connectivity index (χ4v) is 3.52. The first kappa shape index (κ1) is 27.4. The van der Waals surface area contributed by atoms with Crippen LogP contribution in [0.25, 0.3) is 0 Å². The Labute approximate surface area is 228 Å². The lowest BCUT2D eigenvalue weighted by Gasteiger charge is -2.11. The third kappa shape index (κ3) is 7.23. The molecule has 40 heavy (non-hydrogen) atoms. The van der Waals surface area contributed by atoms with Crippen molar-refractivity contribution in [1.82, 2.24) is 5.43 Å². The molecule has 0 aromatic heterocycles. The first-order valence-corrected chi connectivity index (χ1v) is 12.0. The molecular formula is C30H23FN4O5. The predicted molar refractivity (Wildman–Crippen MR) is 148 cm³/mol. The Morgan fingerprint density at radius 2 is 1.48 bits per heavy atom. The third-order valence-corrected chi connectivity index (χ3v) is 5.47. The second-order valence-electron chi connectivity index (χ2n) is 8.46. The van der Waals surface area contributed by atoms with Crippen LogP contribution in [0, 0.1) is 12.7 Å². The molecule has 10 heteroatoms. The summed E-state index contributed by atoms with van der Waals surface area (Å²) < 4.78 is 18.9. The number of para-hydroxylation sites is 1. The molecule has 0 aliphatic carbocycles. The first-order valence-electron chi connectivity index (χ1n) is 12.0. The van der Waals surface area contributed by atoms with E-state index in [4.69, 9.17) is 4.74 Å². The highest BCUT2D eigenvalue weighted by Gasteiger charge is 2.18. The van der Waals surface area contributed by atoms with Crippen molar-refractivity contribution < 1.29 is 28.3 Å². The second-order valence-corrected chi connectivity index (χ2v) is 8.46. The number of benzene rings is 4. The molecule has 0 radical (unpaired) electrons. The van der Waals surface area contributed by atoms with Crippen LogP contribution in [0.4, 0.5) is 15.8 Å². The van der Waals surface area contributed by atoms with Gasteiger partial charge in [-0.05, 0) is 78.7 Å². The van der Waals surface area contributed by atoms with Gasteiger partial charge in [-0.1, -0.05) is 36.4 Å². The minimum atomic E-state index is -1.06. The van der Waals surface area contributed by atoms with Crippen molar-refractivity contribution in [3.63, 3.8) is 0 Å². The zero-order chi connectivity index (χ0) is 28.5. The van der Waals surface area contributed by atoms with Gasteiger partial charge in [0, 0.05) is 5.69 Å². The maximum atomic E-state index is 13.7. The second kappa shape index (κ2) is 12.7. The number of aryl methyl sites for hydroxylation is 1. The van der Waals surface area contributed by atoms with Crippen molar-refractivity contribution in [2.45, 2.75) is 6.92 Å². The number of carbonyl (C=O) groups is 4. The summed E-state index contributed by atoms with van der Waals surface area (Å²) in [4.78, 5) is 49.6. The van der Waals surface area contributed by atoms with Crippen LogP contribution in [0.5, 0.6) is 5.75 Å². The van der Waals surface area contributed by atoms with Crippen LogP contribution < -0.4 is 20.8 Å². The van der Waals surface area contributed by atoms with Crippen molar-refractivity contribution in [3.8, 4) is 5.75 Å². The van der Waals surface area contributed by atoms with Gasteiger partial charge in [-0.15, -0.1) is 0 Å². The molecule has 0 bridgehead atoms. The van der Waals surface area contributed by atoms with E-state index >= 15 is 0 Å². The van der Waals surface area contributed by atoms with E-state index in [9.17, 15) is 23.6 Å². The van der Waals surface area contributed by atoms with Crippen molar-refractivity contribution in [3.05, 3.63) is 125 Å². The molecule has 3 N–H and O–H groups in total. The number of nitrogens with zero attached hydrogens (tertiary/aromatic N) is 1. The summed E-state index contributed by atoms with van der Waals surface area (Å²) in [6.07, 6.45) is 1.27. The number of amides is 3. The summed E-state index contributed by atoms with van der Waals surface area (Å²) in [5, 5.41) is 8.93. The quantitative estimate of drug-likeness (QED) is 0.103. The molecule has 0 unspecified atom stereocenters. The molecule has 200 valence electrons. The average Bonchev–Trinajstić information content (AvgIpc) is 2.94. The Morgan fingerprint density at radius 3 is 2.20 bits per heavy atom. The molecule has 4 aromatic rings. The number of hydrogen-bond acceptors (Lipinski definition) is 6. The Kier molecular flexibility index (Phi) is 8.73. The maximum Gasteiger partial charge on any atom is 0.346 e. The maximum absolute atomic E-state index is 13.7. The topological polar surface area (TPSA) is 126 Å². The predicted octanol–water partition coefficient (Wildman–Crippen LogP) is 4.69. The number of nitrogens with one attached hydrogen (secondary N) is 3. The number of ether oxygens (including phenoxy) is 1. The SMILES string of the molecule is Cc1cccc(NC(=O)c2ccccc2NC(=O)C(=O)NN=Cc2ccc(OC(=O)c3ccccc3F)cc2)c1. The van der Waals surface area contributed by atoms with Gasteiger partial charge in [0.05, 0.1) is 23.0 Å². The average molecular weight is 539 g/mol. The normalized spacial score (nSPS) is 10.6. The van der Waals surface area contributed by atoms with Crippen molar-refractivity contribution in [2.75, 3.05) is 10.6 Å². The molecular weight excluding hydrogens is 515 g/mol. The highest BCUT2D eigenvalue weighted by Crippen LogP contribution is 2.18. The van der Waals surface area contributed by atoms with E-state index in [1.165, 1.54) is 48.7 Å². The highest BCUT2D eigenvalue weighted by atomic mass is 19.1. The fraction of sp³-hybridized carbons (Fsp3) is 0.0333. The van der Waals surface area contributed by atoms with Crippen LogP contribution in [-0.4, -0.2) is 29.9 Å². The summed E-state index contributed by atoms with van der Waals surface area (Å²) in [6, 6.07) is 25.0. The molecule has 9 nitrogen and oxygen atoms in total. The number of halogens is 1. The Morgan fingerprint density at radius 1 is 0.775 bits per heavy atom. The first-order chi connectivity index (χ1) is 19.3. The van der Waals surface area contributed by atoms with E-state index in [1.54, 1.807) is 42.5 Å². The van der Waals surface area contributed by atoms with Gasteiger partial charge >= 0.3 is 17.8 Å². The van der Waals surface area contributed by atoms with Crippen molar-refractivity contribution in [1.29, 1.82) is 0 Å². The van der Waals surface area contributed by atoms with Crippen LogP contribution in [-0.2, 0) is 9.59 Å². The number of esters is 1. The molecule has 4 aromatic carbocycles. The van der Waals surface area contributed by atoms with E-state index in [-0.39, 0.29) is 22.6 Å². The van der Waals surface area contributed by atoms with Crippen molar-refractivity contribution >= 4 is 41.3 Å².